The molecular formula is C21H21F2N5O2S. The molecule has 0 bridgehead atoms. The zero-order valence-electron chi connectivity index (χ0n) is 16.6. The lowest BCUT2D eigenvalue weighted by Crippen LogP contribution is -2.26. The molecule has 3 aliphatic rings. The number of nitrogens with one attached hydrogen (secondary N) is 1. The van der Waals surface area contributed by atoms with Crippen LogP contribution in [0.3, 0.4) is 0 Å². The number of aromatic nitrogens is 2. The minimum atomic E-state index is -4.20. The molecule has 3 N–H and O–H groups in total. The highest BCUT2D eigenvalue weighted by molar-refractivity contribution is 7.93. The number of hydrogen-bond donors (Lipinski definition) is 2. The number of sulfonamides is 1. The molecule has 162 valence electrons. The topological polar surface area (TPSA) is 93.2 Å². The molecule has 0 saturated heterocycles. The molecule has 1 atom stereocenters. The number of nitrogens with two attached hydrogens (primary N) is 1. The van der Waals surface area contributed by atoms with Gasteiger partial charge in [0.1, 0.15) is 5.83 Å². The van der Waals surface area contributed by atoms with Crippen LogP contribution in [0.4, 0.5) is 14.5 Å². The molecule has 1 aromatic carbocycles. The van der Waals surface area contributed by atoms with Crippen LogP contribution in [0.2, 0.25) is 0 Å². The average molecular weight is 445 g/mol. The summed E-state index contributed by atoms with van der Waals surface area (Å²) in [5.41, 5.74) is 4.23. The average Bonchev–Trinajstić information content (AvgIpc) is 3.27. The number of alkyl halides is 1. The van der Waals surface area contributed by atoms with Crippen molar-refractivity contribution in [2.75, 3.05) is 5.43 Å². The summed E-state index contributed by atoms with van der Waals surface area (Å²) in [7, 11) is -4.20. The molecule has 0 amide bonds. The van der Waals surface area contributed by atoms with Crippen molar-refractivity contribution in [2.45, 2.75) is 37.5 Å². The molecule has 1 fully saturated rings. The molecule has 7 nitrogen and oxygen atoms in total. The van der Waals surface area contributed by atoms with E-state index in [2.05, 4.69) is 17.1 Å². The van der Waals surface area contributed by atoms with Crippen molar-refractivity contribution in [3.8, 4) is 0 Å². The van der Waals surface area contributed by atoms with E-state index in [4.69, 9.17) is 5.14 Å². The number of nitrogens with zero attached hydrogens (tertiary/aromatic N) is 3. The molecule has 1 saturated carbocycles. The minimum Gasteiger partial charge on any atom is -0.298 e. The first-order valence-corrected chi connectivity index (χ1v) is 11.4. The van der Waals surface area contributed by atoms with Crippen molar-refractivity contribution >= 4 is 21.4 Å². The van der Waals surface area contributed by atoms with Crippen LogP contribution in [0.25, 0.3) is 5.70 Å². The van der Waals surface area contributed by atoms with E-state index in [-0.39, 0.29) is 5.56 Å². The van der Waals surface area contributed by atoms with E-state index in [1.165, 1.54) is 6.07 Å². The summed E-state index contributed by atoms with van der Waals surface area (Å²) < 4.78 is 54.9. The summed E-state index contributed by atoms with van der Waals surface area (Å²) in [6.07, 6.45) is 6.98. The van der Waals surface area contributed by atoms with Crippen molar-refractivity contribution in [1.29, 1.82) is 0 Å². The Bertz CT molecular complexity index is 1260. The largest absolute Gasteiger partial charge is 0.298 e. The molecule has 2 heterocycles. The van der Waals surface area contributed by atoms with Gasteiger partial charge in [-0.25, -0.2) is 22.3 Å². The Hall–Kier alpha value is -2.98. The fourth-order valence-corrected chi connectivity index (χ4v) is 4.62. The fraction of sp³-hybridized carbons (Fsp3) is 0.286. The number of primary sulfonamides is 1. The van der Waals surface area contributed by atoms with E-state index in [1.54, 1.807) is 18.3 Å². The van der Waals surface area contributed by atoms with Gasteiger partial charge in [0, 0.05) is 18.2 Å². The smallest absolute Gasteiger partial charge is 0.234 e. The lowest BCUT2D eigenvalue weighted by Gasteiger charge is -2.26. The van der Waals surface area contributed by atoms with Gasteiger partial charge in [0.05, 0.1) is 35.1 Å². The second kappa shape index (κ2) is 6.76. The van der Waals surface area contributed by atoms with Crippen LogP contribution in [0.5, 0.6) is 0 Å². The molecule has 1 unspecified atom stereocenters. The van der Waals surface area contributed by atoms with Crippen LogP contribution in [0.1, 0.15) is 42.0 Å². The quantitative estimate of drug-likeness (QED) is 0.733. The third kappa shape index (κ3) is 3.66. The van der Waals surface area contributed by atoms with Gasteiger partial charge in [-0.2, -0.15) is 5.10 Å². The van der Waals surface area contributed by atoms with Crippen LogP contribution in [0.15, 0.2) is 60.1 Å². The molecule has 2 aliphatic carbocycles. The predicted octanol–water partition coefficient (Wildman–Crippen LogP) is 3.63. The number of anilines is 1. The molecule has 31 heavy (non-hydrogen) atoms. The Morgan fingerprint density at radius 2 is 2.13 bits per heavy atom. The number of benzene rings is 1. The van der Waals surface area contributed by atoms with Gasteiger partial charge in [0.2, 0.25) is 10.0 Å². The van der Waals surface area contributed by atoms with Crippen LogP contribution in [0, 0.1) is 0 Å². The monoisotopic (exact) mass is 445 g/mol. The predicted molar refractivity (Wildman–Crippen MR) is 113 cm³/mol. The van der Waals surface area contributed by atoms with Gasteiger partial charge in [-0.05, 0) is 48.3 Å². The first-order chi connectivity index (χ1) is 14.6. The van der Waals surface area contributed by atoms with Crippen LogP contribution in [-0.2, 0) is 22.2 Å². The number of allylic oxidation sites excluding steroid dienone is 4. The standard InChI is InChI=1S/C21H21F2N5O2S/c1-13(15-10-25-28(12-15)18-3-4-18)27-11-14-6-16(2-5-20(14)26-27)21(23)8-17(22)7-19(9-21)31(24,29)30/h2,5-8,10,12,18,26H,1,3-4,9,11H2,(H2,24,29,30). The highest BCUT2D eigenvalue weighted by atomic mass is 32.2. The first kappa shape index (κ1) is 20.0. The number of hydrazine groups is 1. The van der Waals surface area contributed by atoms with Gasteiger partial charge in [-0.15, -0.1) is 0 Å². The van der Waals surface area contributed by atoms with Crippen LogP contribution < -0.4 is 10.6 Å². The van der Waals surface area contributed by atoms with Crippen molar-refractivity contribution in [3.05, 3.63) is 76.7 Å². The Morgan fingerprint density at radius 3 is 2.84 bits per heavy atom. The molecule has 5 rings (SSSR count). The molecule has 10 heteroatoms. The van der Waals surface area contributed by atoms with Crippen molar-refractivity contribution in [2.24, 2.45) is 5.14 Å². The summed E-state index contributed by atoms with van der Waals surface area (Å²) in [4.78, 5) is -0.476. The number of rotatable bonds is 5. The summed E-state index contributed by atoms with van der Waals surface area (Å²) in [6, 6.07) is 5.28. The number of fused-ring (bicyclic) bond motifs is 1. The molecule has 0 spiro atoms. The molecular weight excluding hydrogens is 424 g/mol. The highest BCUT2D eigenvalue weighted by Crippen LogP contribution is 2.43. The second-order valence-electron chi connectivity index (χ2n) is 8.18. The molecule has 2 aromatic rings. The van der Waals surface area contributed by atoms with E-state index < -0.39 is 32.8 Å². The maximum atomic E-state index is 15.7. The van der Waals surface area contributed by atoms with E-state index in [9.17, 15) is 12.8 Å². The normalized spacial score (nSPS) is 23.1. The molecule has 1 aromatic heterocycles. The second-order valence-corrected chi connectivity index (χ2v) is 9.80. The van der Waals surface area contributed by atoms with Gasteiger partial charge in [-0.1, -0.05) is 12.6 Å². The van der Waals surface area contributed by atoms with E-state index in [0.717, 1.165) is 47.5 Å². The fourth-order valence-electron chi connectivity index (χ4n) is 3.93. The number of halogens is 2. The maximum Gasteiger partial charge on any atom is 0.234 e. The van der Waals surface area contributed by atoms with E-state index in [1.807, 2.05) is 15.9 Å². The van der Waals surface area contributed by atoms with Gasteiger partial charge in [0.25, 0.3) is 0 Å². The highest BCUT2D eigenvalue weighted by Gasteiger charge is 2.38. The third-order valence-corrected chi connectivity index (χ3v) is 6.81. The summed E-state index contributed by atoms with van der Waals surface area (Å²) >= 11 is 0. The maximum absolute atomic E-state index is 15.7. The molecule has 1 aliphatic heterocycles. The van der Waals surface area contributed by atoms with Crippen molar-refractivity contribution in [1.82, 2.24) is 14.8 Å². The Balaban J connectivity index is 1.38. The lowest BCUT2D eigenvalue weighted by molar-refractivity contribution is 0.228. The third-order valence-electron chi connectivity index (χ3n) is 5.81. The van der Waals surface area contributed by atoms with Crippen LogP contribution >= 0.6 is 0 Å². The zero-order valence-corrected chi connectivity index (χ0v) is 17.4. The first-order valence-electron chi connectivity index (χ1n) is 9.84. The Morgan fingerprint density at radius 1 is 1.35 bits per heavy atom. The zero-order chi connectivity index (χ0) is 22.0. The van der Waals surface area contributed by atoms with Gasteiger partial charge in [0.15, 0.2) is 5.67 Å². The van der Waals surface area contributed by atoms with E-state index in [0.29, 0.717) is 12.6 Å². The van der Waals surface area contributed by atoms with Gasteiger partial charge in [-0.3, -0.25) is 15.1 Å². The Kier molecular flexibility index (Phi) is 4.35. The van der Waals surface area contributed by atoms with Crippen molar-refractivity contribution < 1.29 is 17.2 Å². The SMILES string of the molecule is C=C(c1cnn(C2CC2)c1)N1Cc2cc(C3(F)C=C(F)C=C(S(N)(=O)=O)C3)ccc2N1. The summed E-state index contributed by atoms with van der Waals surface area (Å²) in [5.74, 6) is -0.973. The lowest BCUT2D eigenvalue weighted by atomic mass is 9.87. The van der Waals surface area contributed by atoms with E-state index >= 15 is 4.39 Å². The summed E-state index contributed by atoms with van der Waals surface area (Å²) in [5, 5.41) is 11.3. The Labute approximate surface area is 178 Å². The van der Waals surface area contributed by atoms with Gasteiger partial charge >= 0.3 is 0 Å². The van der Waals surface area contributed by atoms with Crippen molar-refractivity contribution in [3.63, 3.8) is 0 Å². The van der Waals surface area contributed by atoms with Gasteiger partial charge < -0.3 is 0 Å². The molecule has 0 radical (unpaired) electrons. The summed E-state index contributed by atoms with van der Waals surface area (Å²) in [6.45, 7) is 4.56. The number of hydrogen-bond acceptors (Lipinski definition) is 5. The minimum absolute atomic E-state index is 0.159. The van der Waals surface area contributed by atoms with Crippen LogP contribution in [-0.4, -0.2) is 23.2 Å².